The van der Waals surface area contributed by atoms with Crippen molar-refractivity contribution >= 4 is 23.8 Å². The molecule has 4 rings (SSSR count). The molecule has 1 heterocycles. The number of imide groups is 1. The SMILES string of the molecule is O=Cc1ccc(C(=C2NC(=O)NC2=O)c2ccc(Oc3ccccc3)cc2)cc1. The minimum atomic E-state index is -0.573. The summed E-state index contributed by atoms with van der Waals surface area (Å²) >= 11 is 0. The fourth-order valence-corrected chi connectivity index (χ4v) is 3.04. The standard InChI is InChI=1S/C23H16N2O4/c26-14-15-6-8-16(9-7-15)20(21-22(27)25-23(28)24-21)17-10-12-19(13-11-17)29-18-4-2-1-3-5-18/h1-14H,(H2,24,25,27,28). The second-order valence-corrected chi connectivity index (χ2v) is 6.34. The molecule has 1 aliphatic rings. The highest BCUT2D eigenvalue weighted by Crippen LogP contribution is 2.30. The molecule has 3 amide bonds. The number of carbonyl (C=O) groups excluding carboxylic acids is 3. The molecule has 6 nitrogen and oxygen atoms in total. The zero-order chi connectivity index (χ0) is 20.2. The first kappa shape index (κ1) is 18.2. The normalized spacial score (nSPS) is 14.8. The first-order valence-electron chi connectivity index (χ1n) is 8.89. The van der Waals surface area contributed by atoms with Crippen molar-refractivity contribution in [3.05, 3.63) is 101 Å². The van der Waals surface area contributed by atoms with E-state index in [-0.39, 0.29) is 5.70 Å². The van der Waals surface area contributed by atoms with Crippen LogP contribution in [0, 0.1) is 0 Å². The lowest BCUT2D eigenvalue weighted by atomic mass is 9.95. The van der Waals surface area contributed by atoms with Crippen molar-refractivity contribution in [2.45, 2.75) is 0 Å². The van der Waals surface area contributed by atoms with Crippen LogP contribution in [-0.4, -0.2) is 18.2 Å². The predicted molar refractivity (Wildman–Crippen MR) is 107 cm³/mol. The quantitative estimate of drug-likeness (QED) is 0.397. The molecule has 2 N–H and O–H groups in total. The first-order chi connectivity index (χ1) is 14.1. The van der Waals surface area contributed by atoms with Crippen LogP contribution < -0.4 is 15.4 Å². The Morgan fingerprint density at radius 1 is 0.724 bits per heavy atom. The molecular formula is C23H16N2O4. The predicted octanol–water partition coefficient (Wildman–Crippen LogP) is 3.89. The van der Waals surface area contributed by atoms with E-state index in [2.05, 4.69) is 10.6 Å². The van der Waals surface area contributed by atoms with Crippen molar-refractivity contribution in [2.24, 2.45) is 0 Å². The summed E-state index contributed by atoms with van der Waals surface area (Å²) < 4.78 is 5.81. The van der Waals surface area contributed by atoms with Crippen LogP contribution in [0.25, 0.3) is 5.57 Å². The van der Waals surface area contributed by atoms with E-state index < -0.39 is 11.9 Å². The van der Waals surface area contributed by atoms with Gasteiger partial charge in [-0.1, -0.05) is 54.6 Å². The molecule has 1 aliphatic heterocycles. The third-order valence-electron chi connectivity index (χ3n) is 4.40. The minimum absolute atomic E-state index is 0.158. The number of carbonyl (C=O) groups is 3. The molecule has 0 unspecified atom stereocenters. The molecule has 6 heteroatoms. The summed E-state index contributed by atoms with van der Waals surface area (Å²) in [4.78, 5) is 34.9. The number of amides is 3. The molecule has 0 aliphatic carbocycles. The number of para-hydroxylation sites is 1. The average molecular weight is 384 g/mol. The van der Waals surface area contributed by atoms with Crippen LogP contribution in [0.15, 0.2) is 84.6 Å². The van der Waals surface area contributed by atoms with Crippen molar-refractivity contribution in [1.82, 2.24) is 10.6 Å². The van der Waals surface area contributed by atoms with E-state index in [4.69, 9.17) is 4.74 Å². The smallest absolute Gasteiger partial charge is 0.326 e. The van der Waals surface area contributed by atoms with Crippen LogP contribution in [0.2, 0.25) is 0 Å². The molecule has 0 radical (unpaired) electrons. The Hall–Kier alpha value is -4.19. The maximum Gasteiger partial charge on any atom is 0.326 e. The lowest BCUT2D eigenvalue weighted by Crippen LogP contribution is -2.22. The molecule has 3 aromatic rings. The number of benzene rings is 3. The molecule has 3 aromatic carbocycles. The van der Waals surface area contributed by atoms with E-state index in [1.807, 2.05) is 42.5 Å². The van der Waals surface area contributed by atoms with Gasteiger partial charge in [-0.15, -0.1) is 0 Å². The van der Waals surface area contributed by atoms with E-state index in [0.717, 1.165) is 11.8 Å². The fourth-order valence-electron chi connectivity index (χ4n) is 3.04. The van der Waals surface area contributed by atoms with Gasteiger partial charge in [0.15, 0.2) is 0 Å². The van der Waals surface area contributed by atoms with Gasteiger partial charge >= 0.3 is 6.03 Å². The zero-order valence-electron chi connectivity index (χ0n) is 15.2. The van der Waals surface area contributed by atoms with Gasteiger partial charge in [-0.2, -0.15) is 0 Å². The molecule has 29 heavy (non-hydrogen) atoms. The number of nitrogens with one attached hydrogen (secondary N) is 2. The van der Waals surface area contributed by atoms with Gasteiger partial charge in [-0.3, -0.25) is 14.9 Å². The number of hydrogen-bond acceptors (Lipinski definition) is 4. The summed E-state index contributed by atoms with van der Waals surface area (Å²) in [6.07, 6.45) is 0.746. The summed E-state index contributed by atoms with van der Waals surface area (Å²) in [5, 5.41) is 4.79. The summed E-state index contributed by atoms with van der Waals surface area (Å²) in [5.74, 6) is 0.848. The summed E-state index contributed by atoms with van der Waals surface area (Å²) in [6, 6.07) is 22.8. The van der Waals surface area contributed by atoms with Gasteiger partial charge in [-0.05, 0) is 35.4 Å². The van der Waals surface area contributed by atoms with Crippen LogP contribution in [0.3, 0.4) is 0 Å². The summed E-state index contributed by atoms with van der Waals surface area (Å²) in [5.41, 5.74) is 2.64. The average Bonchev–Trinajstić information content (AvgIpc) is 3.08. The number of ether oxygens (including phenoxy) is 1. The van der Waals surface area contributed by atoms with E-state index in [0.29, 0.717) is 28.2 Å². The van der Waals surface area contributed by atoms with Crippen molar-refractivity contribution in [2.75, 3.05) is 0 Å². The highest BCUT2D eigenvalue weighted by Gasteiger charge is 2.28. The fraction of sp³-hybridized carbons (Fsp3) is 0. The molecule has 142 valence electrons. The van der Waals surface area contributed by atoms with E-state index in [1.165, 1.54) is 0 Å². The number of aldehydes is 1. The van der Waals surface area contributed by atoms with Gasteiger partial charge in [0.05, 0.1) is 0 Å². The van der Waals surface area contributed by atoms with E-state index >= 15 is 0 Å². The topological polar surface area (TPSA) is 84.5 Å². The lowest BCUT2D eigenvalue weighted by Gasteiger charge is -2.12. The third-order valence-corrected chi connectivity index (χ3v) is 4.40. The largest absolute Gasteiger partial charge is 0.457 e. The van der Waals surface area contributed by atoms with Gasteiger partial charge < -0.3 is 10.1 Å². The van der Waals surface area contributed by atoms with Gasteiger partial charge in [0.25, 0.3) is 5.91 Å². The van der Waals surface area contributed by atoms with Crippen molar-refractivity contribution in [3.63, 3.8) is 0 Å². The molecule has 1 fully saturated rings. The highest BCUT2D eigenvalue weighted by molar-refractivity contribution is 6.17. The first-order valence-corrected chi connectivity index (χ1v) is 8.89. The molecule has 0 atom stereocenters. The minimum Gasteiger partial charge on any atom is -0.457 e. The van der Waals surface area contributed by atoms with Crippen LogP contribution in [-0.2, 0) is 4.79 Å². The number of hydrogen-bond donors (Lipinski definition) is 2. The molecule has 0 spiro atoms. The van der Waals surface area contributed by atoms with Gasteiger partial charge in [0.1, 0.15) is 23.5 Å². The molecule has 0 aromatic heterocycles. The molecule has 0 saturated carbocycles. The van der Waals surface area contributed by atoms with E-state index in [1.54, 1.807) is 36.4 Å². The Bertz CT molecular complexity index is 1100. The molecule has 0 bridgehead atoms. The maximum absolute atomic E-state index is 12.3. The zero-order valence-corrected chi connectivity index (χ0v) is 15.2. The summed E-state index contributed by atoms with van der Waals surface area (Å²) in [6.45, 7) is 0. The third kappa shape index (κ3) is 3.91. The van der Waals surface area contributed by atoms with Crippen LogP contribution in [0.4, 0.5) is 4.79 Å². The monoisotopic (exact) mass is 384 g/mol. The highest BCUT2D eigenvalue weighted by atomic mass is 16.5. The Labute approximate surface area is 166 Å². The number of urea groups is 1. The Kier molecular flexibility index (Phi) is 4.90. The van der Waals surface area contributed by atoms with E-state index in [9.17, 15) is 14.4 Å². The Morgan fingerprint density at radius 3 is 1.86 bits per heavy atom. The Balaban J connectivity index is 1.73. The second kappa shape index (κ2) is 7.82. The van der Waals surface area contributed by atoms with Gasteiger partial charge in [0, 0.05) is 11.1 Å². The van der Waals surface area contributed by atoms with Crippen molar-refractivity contribution in [1.29, 1.82) is 0 Å². The van der Waals surface area contributed by atoms with Crippen LogP contribution in [0.1, 0.15) is 21.5 Å². The van der Waals surface area contributed by atoms with Gasteiger partial charge in [0.2, 0.25) is 0 Å². The lowest BCUT2D eigenvalue weighted by molar-refractivity contribution is -0.115. The molecular weight excluding hydrogens is 368 g/mol. The molecule has 1 saturated heterocycles. The van der Waals surface area contributed by atoms with Crippen molar-refractivity contribution < 1.29 is 19.1 Å². The second-order valence-electron chi connectivity index (χ2n) is 6.34. The van der Waals surface area contributed by atoms with Crippen LogP contribution >= 0.6 is 0 Å². The summed E-state index contributed by atoms with van der Waals surface area (Å²) in [7, 11) is 0. The number of rotatable bonds is 5. The van der Waals surface area contributed by atoms with Gasteiger partial charge in [-0.25, -0.2) is 4.79 Å². The van der Waals surface area contributed by atoms with Crippen LogP contribution in [0.5, 0.6) is 11.5 Å². The van der Waals surface area contributed by atoms with Crippen molar-refractivity contribution in [3.8, 4) is 11.5 Å². The Morgan fingerprint density at radius 2 is 1.31 bits per heavy atom. The maximum atomic E-state index is 12.3.